The molecule has 120 valence electrons. The molecule has 1 aromatic carbocycles. The molecule has 1 atom stereocenters. The van der Waals surface area contributed by atoms with Crippen LogP contribution in [0.4, 0.5) is 0 Å². The maximum Gasteiger partial charge on any atom is 0.274 e. The van der Waals surface area contributed by atoms with E-state index in [1.807, 2.05) is 30.3 Å². The molecular formula is C17H15N5O2. The molecule has 0 unspecified atom stereocenters. The number of benzene rings is 1. The Morgan fingerprint density at radius 2 is 2.08 bits per heavy atom. The van der Waals surface area contributed by atoms with Gasteiger partial charge in [0.1, 0.15) is 5.69 Å². The first-order valence-corrected chi connectivity index (χ1v) is 7.75. The van der Waals surface area contributed by atoms with Gasteiger partial charge in [-0.3, -0.25) is 9.78 Å². The number of nitrogens with zero attached hydrogens (tertiary/aromatic N) is 5. The first kappa shape index (κ1) is 14.5. The van der Waals surface area contributed by atoms with Gasteiger partial charge in [-0.1, -0.05) is 35.5 Å². The normalized spacial score (nSPS) is 17.2. The van der Waals surface area contributed by atoms with Crippen LogP contribution in [0, 0.1) is 0 Å². The van der Waals surface area contributed by atoms with Gasteiger partial charge in [0.15, 0.2) is 0 Å². The van der Waals surface area contributed by atoms with Crippen LogP contribution in [0.5, 0.6) is 0 Å². The van der Waals surface area contributed by atoms with E-state index in [1.165, 1.54) is 12.4 Å². The second kappa shape index (κ2) is 6.19. The standard InChI is InChI=1S/C17H15N5O2/c23-17(14-10-18-7-8-19-14)22-9-6-13(11-22)16-20-15(21-24-16)12-4-2-1-3-5-12/h1-5,7-8,10,13H,6,9,11H2/t13-/m1/s1. The van der Waals surface area contributed by atoms with Crippen LogP contribution in [0.25, 0.3) is 11.4 Å². The summed E-state index contributed by atoms with van der Waals surface area (Å²) in [5.74, 6) is 1.08. The summed E-state index contributed by atoms with van der Waals surface area (Å²) < 4.78 is 5.41. The first-order chi connectivity index (χ1) is 11.8. The molecule has 0 N–H and O–H groups in total. The monoisotopic (exact) mass is 321 g/mol. The van der Waals surface area contributed by atoms with E-state index < -0.39 is 0 Å². The molecule has 1 saturated heterocycles. The van der Waals surface area contributed by atoms with Gasteiger partial charge in [-0.15, -0.1) is 0 Å². The van der Waals surface area contributed by atoms with Crippen molar-refractivity contribution >= 4 is 5.91 Å². The van der Waals surface area contributed by atoms with Crippen LogP contribution in [0.3, 0.4) is 0 Å². The largest absolute Gasteiger partial charge is 0.339 e. The van der Waals surface area contributed by atoms with Crippen molar-refractivity contribution in [3.05, 3.63) is 60.5 Å². The zero-order valence-electron chi connectivity index (χ0n) is 12.9. The second-order valence-electron chi connectivity index (χ2n) is 5.65. The molecule has 1 fully saturated rings. The Hall–Kier alpha value is -3.09. The highest BCUT2D eigenvalue weighted by Gasteiger charge is 2.32. The third-order valence-corrected chi connectivity index (χ3v) is 4.08. The van der Waals surface area contributed by atoms with Crippen molar-refractivity contribution in [2.24, 2.45) is 0 Å². The van der Waals surface area contributed by atoms with Gasteiger partial charge in [-0.05, 0) is 6.42 Å². The zero-order chi connectivity index (χ0) is 16.4. The maximum absolute atomic E-state index is 12.4. The predicted molar refractivity (Wildman–Crippen MR) is 85.0 cm³/mol. The zero-order valence-corrected chi connectivity index (χ0v) is 12.9. The van der Waals surface area contributed by atoms with Gasteiger partial charge in [-0.2, -0.15) is 4.98 Å². The predicted octanol–water partition coefficient (Wildman–Crippen LogP) is 2.16. The fraction of sp³-hybridized carbons (Fsp3) is 0.235. The minimum Gasteiger partial charge on any atom is -0.339 e. The van der Waals surface area contributed by atoms with Crippen molar-refractivity contribution in [3.63, 3.8) is 0 Å². The SMILES string of the molecule is O=C(c1cnccn1)N1CC[C@@H](c2nc(-c3ccccc3)no2)C1. The van der Waals surface area contributed by atoms with Gasteiger partial charge >= 0.3 is 0 Å². The van der Waals surface area contributed by atoms with Crippen molar-refractivity contribution in [2.45, 2.75) is 12.3 Å². The number of carbonyl (C=O) groups excluding carboxylic acids is 1. The summed E-state index contributed by atoms with van der Waals surface area (Å²) in [6.07, 6.45) is 5.34. The van der Waals surface area contributed by atoms with Crippen molar-refractivity contribution < 1.29 is 9.32 Å². The number of carbonyl (C=O) groups is 1. The van der Waals surface area contributed by atoms with Gasteiger partial charge in [-0.25, -0.2) is 4.98 Å². The first-order valence-electron chi connectivity index (χ1n) is 7.75. The minimum atomic E-state index is -0.117. The topological polar surface area (TPSA) is 85.0 Å². The van der Waals surface area contributed by atoms with E-state index in [0.29, 0.717) is 30.5 Å². The molecule has 1 aliphatic rings. The summed E-state index contributed by atoms with van der Waals surface area (Å²) >= 11 is 0. The Kier molecular flexibility index (Phi) is 3.74. The van der Waals surface area contributed by atoms with Crippen LogP contribution < -0.4 is 0 Å². The van der Waals surface area contributed by atoms with Crippen LogP contribution in [-0.2, 0) is 0 Å². The van der Waals surface area contributed by atoms with Crippen molar-refractivity contribution in [2.75, 3.05) is 13.1 Å². The summed E-state index contributed by atoms with van der Waals surface area (Å²) in [4.78, 5) is 26.6. The lowest BCUT2D eigenvalue weighted by Gasteiger charge is -2.14. The van der Waals surface area contributed by atoms with Crippen LogP contribution >= 0.6 is 0 Å². The quantitative estimate of drug-likeness (QED) is 0.735. The Morgan fingerprint density at radius 1 is 1.21 bits per heavy atom. The third kappa shape index (κ3) is 2.76. The number of aromatic nitrogens is 4. The minimum absolute atomic E-state index is 0.0515. The molecule has 3 heterocycles. The van der Waals surface area contributed by atoms with E-state index in [2.05, 4.69) is 20.1 Å². The Bertz CT molecular complexity index is 834. The molecule has 1 aliphatic heterocycles. The average Bonchev–Trinajstić information content (AvgIpc) is 3.32. The van der Waals surface area contributed by atoms with Crippen molar-refractivity contribution in [1.29, 1.82) is 0 Å². The van der Waals surface area contributed by atoms with Gasteiger partial charge in [0.25, 0.3) is 5.91 Å². The highest BCUT2D eigenvalue weighted by atomic mass is 16.5. The van der Waals surface area contributed by atoms with E-state index in [0.717, 1.165) is 12.0 Å². The maximum atomic E-state index is 12.4. The number of likely N-dealkylation sites (tertiary alicyclic amines) is 1. The fourth-order valence-electron chi connectivity index (χ4n) is 2.82. The Labute approximate surface area is 138 Å². The molecule has 1 amide bonds. The smallest absolute Gasteiger partial charge is 0.274 e. The summed E-state index contributed by atoms with van der Waals surface area (Å²) in [6.45, 7) is 1.19. The summed E-state index contributed by atoms with van der Waals surface area (Å²) in [6, 6.07) is 9.68. The van der Waals surface area contributed by atoms with E-state index in [9.17, 15) is 4.79 Å². The lowest BCUT2D eigenvalue weighted by Crippen LogP contribution is -2.29. The molecule has 3 aromatic rings. The van der Waals surface area contributed by atoms with Crippen molar-refractivity contribution in [3.8, 4) is 11.4 Å². The molecular weight excluding hydrogens is 306 g/mol. The van der Waals surface area contributed by atoms with Gasteiger partial charge in [0.05, 0.1) is 12.1 Å². The van der Waals surface area contributed by atoms with Gasteiger partial charge in [0.2, 0.25) is 11.7 Å². The van der Waals surface area contributed by atoms with Crippen molar-refractivity contribution in [1.82, 2.24) is 25.0 Å². The molecule has 0 bridgehead atoms. The van der Waals surface area contributed by atoms with Gasteiger partial charge in [0, 0.05) is 31.0 Å². The van der Waals surface area contributed by atoms with E-state index in [4.69, 9.17) is 4.52 Å². The lowest BCUT2D eigenvalue weighted by atomic mass is 10.1. The molecule has 7 nitrogen and oxygen atoms in total. The number of hydrogen-bond donors (Lipinski definition) is 0. The van der Waals surface area contributed by atoms with E-state index in [-0.39, 0.29) is 11.8 Å². The second-order valence-corrected chi connectivity index (χ2v) is 5.65. The average molecular weight is 321 g/mol. The van der Waals surface area contributed by atoms with E-state index >= 15 is 0 Å². The number of rotatable bonds is 3. The lowest BCUT2D eigenvalue weighted by molar-refractivity contribution is 0.0783. The molecule has 0 radical (unpaired) electrons. The van der Waals surface area contributed by atoms with E-state index in [1.54, 1.807) is 11.1 Å². The van der Waals surface area contributed by atoms with Crippen LogP contribution in [-0.4, -0.2) is 44.0 Å². The van der Waals surface area contributed by atoms with Crippen LogP contribution in [0.15, 0.2) is 53.4 Å². The number of amides is 1. The highest BCUT2D eigenvalue weighted by molar-refractivity contribution is 5.92. The molecule has 2 aromatic heterocycles. The molecule has 7 heteroatoms. The fourth-order valence-corrected chi connectivity index (χ4v) is 2.82. The molecule has 4 rings (SSSR count). The van der Waals surface area contributed by atoms with Crippen LogP contribution in [0.1, 0.15) is 28.7 Å². The summed E-state index contributed by atoms with van der Waals surface area (Å²) in [5.41, 5.74) is 1.27. The Balaban J connectivity index is 1.48. The molecule has 0 saturated carbocycles. The highest BCUT2D eigenvalue weighted by Crippen LogP contribution is 2.28. The summed E-state index contributed by atoms with van der Waals surface area (Å²) in [7, 11) is 0. The van der Waals surface area contributed by atoms with Crippen LogP contribution in [0.2, 0.25) is 0 Å². The number of hydrogen-bond acceptors (Lipinski definition) is 6. The Morgan fingerprint density at radius 3 is 2.88 bits per heavy atom. The summed E-state index contributed by atoms with van der Waals surface area (Å²) in [5, 5.41) is 4.05. The molecule has 0 aliphatic carbocycles. The molecule has 0 spiro atoms. The van der Waals surface area contributed by atoms with Gasteiger partial charge < -0.3 is 9.42 Å². The molecule has 24 heavy (non-hydrogen) atoms. The third-order valence-electron chi connectivity index (χ3n) is 4.08.